The summed E-state index contributed by atoms with van der Waals surface area (Å²) in [5.74, 6) is -0.0118. The molecule has 3 N–H and O–H groups in total. The lowest BCUT2D eigenvalue weighted by Gasteiger charge is -2.15. The van der Waals surface area contributed by atoms with Crippen LogP contribution in [0.5, 0.6) is 11.5 Å². The fourth-order valence-electron chi connectivity index (χ4n) is 2.84. The highest BCUT2D eigenvalue weighted by Crippen LogP contribution is 2.19. The Morgan fingerprint density at radius 2 is 1.47 bits per heavy atom. The molecule has 0 aliphatic rings. The molecular formula is C24H25N3O6S. The first kappa shape index (κ1) is 24.6. The molecule has 3 aromatic carbocycles. The minimum absolute atomic E-state index is 0.00526. The molecule has 0 fully saturated rings. The Hall–Kier alpha value is -4.05. The third kappa shape index (κ3) is 6.72. The summed E-state index contributed by atoms with van der Waals surface area (Å²) < 4.78 is 38.3. The number of benzene rings is 3. The van der Waals surface area contributed by atoms with Gasteiger partial charge < -0.3 is 9.47 Å². The van der Waals surface area contributed by atoms with Crippen LogP contribution in [0.4, 0.5) is 5.69 Å². The Morgan fingerprint density at radius 3 is 2.09 bits per heavy atom. The molecule has 0 aromatic heterocycles. The molecule has 178 valence electrons. The van der Waals surface area contributed by atoms with E-state index in [0.717, 1.165) is 0 Å². The highest BCUT2D eigenvalue weighted by molar-refractivity contribution is 7.92. The van der Waals surface area contributed by atoms with Gasteiger partial charge >= 0.3 is 0 Å². The third-order valence-electron chi connectivity index (χ3n) is 4.57. The van der Waals surface area contributed by atoms with Crippen molar-refractivity contribution in [3.8, 4) is 11.5 Å². The second kappa shape index (κ2) is 11.2. The minimum atomic E-state index is -3.80. The summed E-state index contributed by atoms with van der Waals surface area (Å²) in [5.41, 5.74) is 5.17. The molecule has 0 radical (unpaired) electrons. The van der Waals surface area contributed by atoms with Crippen molar-refractivity contribution in [2.24, 2.45) is 0 Å². The first-order valence-electron chi connectivity index (χ1n) is 10.5. The molecule has 0 aliphatic heterocycles. The lowest BCUT2D eigenvalue weighted by atomic mass is 10.2. The predicted octanol–water partition coefficient (Wildman–Crippen LogP) is 3.11. The zero-order valence-electron chi connectivity index (χ0n) is 18.6. The van der Waals surface area contributed by atoms with E-state index in [1.165, 1.54) is 31.2 Å². The molecule has 3 rings (SSSR count). The number of nitrogens with one attached hydrogen (secondary N) is 3. The number of ether oxygens (including phenoxy) is 2. The Labute approximate surface area is 198 Å². The molecule has 0 heterocycles. The number of sulfonamides is 1. The molecule has 10 heteroatoms. The normalized spacial score (nSPS) is 11.7. The standard InChI is InChI=1S/C24H25N3O6S/c1-3-32-20-11-13-21(14-12-20)33-17(2)23(28)25-26-24(29)18-9-15-22(16-10-18)34(30,31)27-19-7-5-4-6-8-19/h4-17,27H,3H2,1-2H3,(H,25,28)(H,26,29). The van der Waals surface area contributed by atoms with Crippen LogP contribution < -0.4 is 25.0 Å². The molecule has 0 saturated carbocycles. The number of anilines is 1. The van der Waals surface area contributed by atoms with Gasteiger partial charge in [-0.3, -0.25) is 25.2 Å². The minimum Gasteiger partial charge on any atom is -0.494 e. The molecule has 34 heavy (non-hydrogen) atoms. The fraction of sp³-hybridized carbons (Fsp3) is 0.167. The zero-order chi connectivity index (χ0) is 24.6. The number of hydrogen-bond acceptors (Lipinski definition) is 6. The Kier molecular flexibility index (Phi) is 8.10. The summed E-state index contributed by atoms with van der Waals surface area (Å²) in [4.78, 5) is 24.6. The van der Waals surface area contributed by atoms with Gasteiger partial charge in [0, 0.05) is 11.3 Å². The second-order valence-electron chi connectivity index (χ2n) is 7.10. The van der Waals surface area contributed by atoms with Gasteiger partial charge in [0.2, 0.25) is 0 Å². The maximum absolute atomic E-state index is 12.5. The van der Waals surface area contributed by atoms with Crippen molar-refractivity contribution in [3.63, 3.8) is 0 Å². The van der Waals surface area contributed by atoms with Gasteiger partial charge in [0.15, 0.2) is 6.10 Å². The SMILES string of the molecule is CCOc1ccc(OC(C)C(=O)NNC(=O)c2ccc(S(=O)(=O)Nc3ccccc3)cc2)cc1. The zero-order valence-corrected chi connectivity index (χ0v) is 19.5. The maximum Gasteiger partial charge on any atom is 0.279 e. The van der Waals surface area contributed by atoms with E-state index in [0.29, 0.717) is 23.8 Å². The summed E-state index contributed by atoms with van der Waals surface area (Å²) in [6, 6.07) is 20.6. The molecule has 0 bridgehead atoms. The first-order chi connectivity index (χ1) is 16.3. The number of amides is 2. The van der Waals surface area contributed by atoms with E-state index in [1.807, 2.05) is 6.92 Å². The van der Waals surface area contributed by atoms with Crippen LogP contribution in [0.15, 0.2) is 83.8 Å². The van der Waals surface area contributed by atoms with Crippen LogP contribution in [0.1, 0.15) is 24.2 Å². The number of rotatable bonds is 9. The van der Waals surface area contributed by atoms with Gasteiger partial charge in [0.05, 0.1) is 11.5 Å². The van der Waals surface area contributed by atoms with Crippen LogP contribution in [0.2, 0.25) is 0 Å². The highest BCUT2D eigenvalue weighted by Gasteiger charge is 2.18. The number of carbonyl (C=O) groups excluding carboxylic acids is 2. The highest BCUT2D eigenvalue weighted by atomic mass is 32.2. The Bertz CT molecular complexity index is 1210. The summed E-state index contributed by atoms with van der Waals surface area (Å²) in [6.45, 7) is 3.96. The van der Waals surface area contributed by atoms with Crippen molar-refractivity contribution in [3.05, 3.63) is 84.4 Å². The lowest BCUT2D eigenvalue weighted by molar-refractivity contribution is -0.128. The van der Waals surface area contributed by atoms with Crippen LogP contribution >= 0.6 is 0 Å². The van der Waals surface area contributed by atoms with Crippen LogP contribution in [0, 0.1) is 0 Å². The molecule has 0 aliphatic carbocycles. The quantitative estimate of drug-likeness (QED) is 0.402. The number of hydrogen-bond donors (Lipinski definition) is 3. The molecule has 2 amide bonds. The number of hydrazine groups is 1. The second-order valence-corrected chi connectivity index (χ2v) is 8.79. The summed E-state index contributed by atoms with van der Waals surface area (Å²) >= 11 is 0. The maximum atomic E-state index is 12.5. The first-order valence-corrected chi connectivity index (χ1v) is 11.9. The van der Waals surface area contributed by atoms with Crippen molar-refractivity contribution >= 4 is 27.5 Å². The average molecular weight is 484 g/mol. The molecule has 3 aromatic rings. The molecule has 0 spiro atoms. The van der Waals surface area contributed by atoms with E-state index in [9.17, 15) is 18.0 Å². The van der Waals surface area contributed by atoms with Gasteiger partial charge in [-0.1, -0.05) is 18.2 Å². The van der Waals surface area contributed by atoms with E-state index >= 15 is 0 Å². The number of para-hydroxylation sites is 1. The van der Waals surface area contributed by atoms with Crippen molar-refractivity contribution in [2.45, 2.75) is 24.8 Å². The Balaban J connectivity index is 1.52. The summed E-state index contributed by atoms with van der Waals surface area (Å²) in [7, 11) is -3.80. The summed E-state index contributed by atoms with van der Waals surface area (Å²) in [6.07, 6.45) is -0.880. The molecule has 1 atom stereocenters. The summed E-state index contributed by atoms with van der Waals surface area (Å²) in [5, 5.41) is 0. The fourth-order valence-corrected chi connectivity index (χ4v) is 3.90. The van der Waals surface area contributed by atoms with E-state index < -0.39 is 27.9 Å². The monoisotopic (exact) mass is 483 g/mol. The van der Waals surface area contributed by atoms with Crippen LogP contribution in [-0.4, -0.2) is 32.9 Å². The number of carbonyl (C=O) groups is 2. The molecule has 9 nitrogen and oxygen atoms in total. The topological polar surface area (TPSA) is 123 Å². The van der Waals surface area contributed by atoms with Gasteiger partial charge in [0.25, 0.3) is 21.8 Å². The van der Waals surface area contributed by atoms with E-state index in [-0.39, 0.29) is 10.5 Å². The van der Waals surface area contributed by atoms with Crippen LogP contribution in [0.3, 0.4) is 0 Å². The van der Waals surface area contributed by atoms with Gasteiger partial charge in [-0.05, 0) is 74.5 Å². The van der Waals surface area contributed by atoms with E-state index in [2.05, 4.69) is 15.6 Å². The van der Waals surface area contributed by atoms with Crippen molar-refractivity contribution in [1.82, 2.24) is 10.9 Å². The van der Waals surface area contributed by atoms with E-state index in [4.69, 9.17) is 9.47 Å². The lowest BCUT2D eigenvalue weighted by Crippen LogP contribution is -2.47. The largest absolute Gasteiger partial charge is 0.494 e. The molecule has 1 unspecified atom stereocenters. The molecule has 0 saturated heterocycles. The van der Waals surface area contributed by atoms with Crippen molar-refractivity contribution in [1.29, 1.82) is 0 Å². The van der Waals surface area contributed by atoms with Gasteiger partial charge in [-0.25, -0.2) is 8.42 Å². The average Bonchev–Trinajstić information content (AvgIpc) is 2.84. The van der Waals surface area contributed by atoms with Gasteiger partial charge in [-0.2, -0.15) is 0 Å². The van der Waals surface area contributed by atoms with Crippen molar-refractivity contribution in [2.75, 3.05) is 11.3 Å². The molecular weight excluding hydrogens is 458 g/mol. The van der Waals surface area contributed by atoms with Gasteiger partial charge in [-0.15, -0.1) is 0 Å². The predicted molar refractivity (Wildman–Crippen MR) is 127 cm³/mol. The van der Waals surface area contributed by atoms with E-state index in [1.54, 1.807) is 54.6 Å². The smallest absolute Gasteiger partial charge is 0.279 e. The third-order valence-corrected chi connectivity index (χ3v) is 5.97. The Morgan fingerprint density at radius 1 is 0.853 bits per heavy atom. The van der Waals surface area contributed by atoms with Crippen LogP contribution in [-0.2, 0) is 14.8 Å². The van der Waals surface area contributed by atoms with Crippen molar-refractivity contribution < 1.29 is 27.5 Å². The van der Waals surface area contributed by atoms with Crippen LogP contribution in [0.25, 0.3) is 0 Å². The van der Waals surface area contributed by atoms with Gasteiger partial charge in [0.1, 0.15) is 11.5 Å².